The Morgan fingerprint density at radius 1 is 1.62 bits per heavy atom. The van der Waals surface area contributed by atoms with Crippen molar-refractivity contribution < 1.29 is 8.42 Å². The Labute approximate surface area is 49.7 Å². The van der Waals surface area contributed by atoms with Crippen LogP contribution < -0.4 is 0 Å². The molecule has 0 aromatic heterocycles. The second kappa shape index (κ2) is 2.17. The minimum Gasteiger partial charge on any atom is -0.281 e. The molecule has 48 valence electrons. The SMILES string of the molecule is C=CN(C)S(C)(=O)=O. The van der Waals surface area contributed by atoms with Crippen molar-refractivity contribution in [3.8, 4) is 0 Å². The molecule has 0 amide bonds. The van der Waals surface area contributed by atoms with Crippen LogP contribution in [0.25, 0.3) is 0 Å². The van der Waals surface area contributed by atoms with Crippen LogP contribution in [0.1, 0.15) is 0 Å². The fourth-order valence-corrected chi connectivity index (χ4v) is 0.406. The number of nitrogens with zero attached hydrogens (tertiary/aromatic N) is 1. The van der Waals surface area contributed by atoms with Gasteiger partial charge in [-0.25, -0.2) is 8.42 Å². The average Bonchev–Trinajstić information content (AvgIpc) is 1.62. The van der Waals surface area contributed by atoms with E-state index in [1.54, 1.807) is 0 Å². The molecular weight excluding hydrogens is 126 g/mol. The molecule has 0 saturated carbocycles. The van der Waals surface area contributed by atoms with Crippen molar-refractivity contribution in [1.29, 1.82) is 0 Å². The Kier molecular flexibility index (Phi) is 2.03. The topological polar surface area (TPSA) is 37.4 Å². The third kappa shape index (κ3) is 1.97. The van der Waals surface area contributed by atoms with Crippen LogP contribution in [0.5, 0.6) is 0 Å². The van der Waals surface area contributed by atoms with Crippen LogP contribution in [-0.2, 0) is 10.0 Å². The number of rotatable bonds is 2. The van der Waals surface area contributed by atoms with Crippen LogP contribution in [0.2, 0.25) is 0 Å². The summed E-state index contributed by atoms with van der Waals surface area (Å²) in [5, 5.41) is 0. The van der Waals surface area contributed by atoms with Crippen molar-refractivity contribution >= 4 is 10.0 Å². The zero-order valence-corrected chi connectivity index (χ0v) is 5.77. The maximum atomic E-state index is 10.4. The van der Waals surface area contributed by atoms with E-state index in [4.69, 9.17) is 0 Å². The first-order valence-corrected chi connectivity index (χ1v) is 3.89. The van der Waals surface area contributed by atoms with E-state index < -0.39 is 10.0 Å². The van der Waals surface area contributed by atoms with E-state index in [1.165, 1.54) is 13.2 Å². The normalized spacial score (nSPS) is 10.8. The molecule has 0 N–H and O–H groups in total. The predicted molar refractivity (Wildman–Crippen MR) is 32.8 cm³/mol. The van der Waals surface area contributed by atoms with Crippen LogP contribution >= 0.6 is 0 Å². The van der Waals surface area contributed by atoms with E-state index in [0.29, 0.717) is 0 Å². The standard InChI is InChI=1S/C4H9NO2S/c1-4-5(2)8(3,6)7/h4H,1H2,2-3H3. The Bertz CT molecular complexity index is 170. The summed E-state index contributed by atoms with van der Waals surface area (Å²) in [7, 11) is -1.60. The third-order valence-electron chi connectivity index (χ3n) is 0.780. The first-order valence-electron chi connectivity index (χ1n) is 2.04. The summed E-state index contributed by atoms with van der Waals surface area (Å²) in [5.41, 5.74) is 0. The predicted octanol–water partition coefficient (Wildman–Crippen LogP) is 0.0213. The van der Waals surface area contributed by atoms with Gasteiger partial charge in [0.15, 0.2) is 0 Å². The van der Waals surface area contributed by atoms with Gasteiger partial charge in [-0.15, -0.1) is 0 Å². The van der Waals surface area contributed by atoms with Crippen molar-refractivity contribution in [3.63, 3.8) is 0 Å². The molecule has 4 heteroatoms. The maximum absolute atomic E-state index is 10.4. The number of hydrogen-bond donors (Lipinski definition) is 0. The highest BCUT2D eigenvalue weighted by atomic mass is 32.2. The van der Waals surface area contributed by atoms with Gasteiger partial charge in [0.2, 0.25) is 10.0 Å². The van der Waals surface area contributed by atoms with Gasteiger partial charge in [-0.3, -0.25) is 4.31 Å². The Hall–Kier alpha value is -0.510. The second-order valence-electron chi connectivity index (χ2n) is 1.46. The fraction of sp³-hybridized carbons (Fsp3) is 0.500. The molecule has 0 unspecified atom stereocenters. The number of sulfonamides is 1. The summed E-state index contributed by atoms with van der Waals surface area (Å²) in [6.45, 7) is 3.27. The molecule has 0 rings (SSSR count). The van der Waals surface area contributed by atoms with Gasteiger partial charge >= 0.3 is 0 Å². The molecule has 0 aromatic carbocycles. The molecule has 0 bridgehead atoms. The molecule has 0 radical (unpaired) electrons. The zero-order chi connectivity index (χ0) is 6.78. The van der Waals surface area contributed by atoms with Crippen molar-refractivity contribution in [2.24, 2.45) is 0 Å². The molecule has 0 aromatic rings. The summed E-state index contributed by atoms with van der Waals surface area (Å²) in [6.07, 6.45) is 2.37. The van der Waals surface area contributed by atoms with Crippen LogP contribution in [0.4, 0.5) is 0 Å². The quantitative estimate of drug-likeness (QED) is 0.535. The Morgan fingerprint density at radius 3 is 2.00 bits per heavy atom. The minimum absolute atomic E-state index is 1.05. The highest BCUT2D eigenvalue weighted by Crippen LogP contribution is 1.89. The number of hydrogen-bond acceptors (Lipinski definition) is 2. The summed E-state index contributed by atoms with van der Waals surface area (Å²) in [6, 6.07) is 0. The molecule has 0 saturated heterocycles. The van der Waals surface area contributed by atoms with Gasteiger partial charge in [-0.2, -0.15) is 0 Å². The van der Waals surface area contributed by atoms with Gasteiger partial charge in [-0.1, -0.05) is 6.58 Å². The van der Waals surface area contributed by atoms with Crippen molar-refractivity contribution in [3.05, 3.63) is 12.8 Å². The minimum atomic E-state index is -3.04. The highest BCUT2D eigenvalue weighted by molar-refractivity contribution is 7.88. The summed E-state index contributed by atoms with van der Waals surface area (Å²) < 4.78 is 21.9. The van der Waals surface area contributed by atoms with Crippen LogP contribution in [-0.4, -0.2) is 26.0 Å². The molecule has 0 heterocycles. The third-order valence-corrected chi connectivity index (χ3v) is 1.98. The van der Waals surface area contributed by atoms with Crippen molar-refractivity contribution in [1.82, 2.24) is 4.31 Å². The van der Waals surface area contributed by atoms with Crippen LogP contribution in [0, 0.1) is 0 Å². The molecular formula is C4H9NO2S. The molecule has 0 aliphatic heterocycles. The summed E-state index contributed by atoms with van der Waals surface area (Å²) in [4.78, 5) is 0. The first kappa shape index (κ1) is 7.49. The highest BCUT2D eigenvalue weighted by Gasteiger charge is 2.01. The van der Waals surface area contributed by atoms with Gasteiger partial charge in [0.1, 0.15) is 0 Å². The molecule has 0 fully saturated rings. The molecule has 0 aliphatic rings. The van der Waals surface area contributed by atoms with E-state index >= 15 is 0 Å². The molecule has 0 atom stereocenters. The first-order chi connectivity index (χ1) is 3.48. The largest absolute Gasteiger partial charge is 0.281 e. The van der Waals surface area contributed by atoms with Gasteiger partial charge < -0.3 is 0 Å². The van der Waals surface area contributed by atoms with E-state index in [9.17, 15) is 8.42 Å². The maximum Gasteiger partial charge on any atom is 0.231 e. The lowest BCUT2D eigenvalue weighted by Crippen LogP contribution is -2.18. The molecule has 3 nitrogen and oxygen atoms in total. The fourth-order valence-electron chi connectivity index (χ4n) is 0.135. The van der Waals surface area contributed by atoms with Crippen LogP contribution in [0.15, 0.2) is 12.8 Å². The van der Waals surface area contributed by atoms with E-state index in [-0.39, 0.29) is 0 Å². The molecule has 0 spiro atoms. The van der Waals surface area contributed by atoms with E-state index in [1.807, 2.05) is 0 Å². The lowest BCUT2D eigenvalue weighted by molar-refractivity contribution is 0.546. The zero-order valence-electron chi connectivity index (χ0n) is 4.96. The monoisotopic (exact) mass is 135 g/mol. The Balaban J connectivity index is 4.26. The van der Waals surface area contributed by atoms with Gasteiger partial charge in [-0.05, 0) is 0 Å². The summed E-state index contributed by atoms with van der Waals surface area (Å²) in [5.74, 6) is 0. The van der Waals surface area contributed by atoms with Crippen molar-refractivity contribution in [2.75, 3.05) is 13.3 Å². The van der Waals surface area contributed by atoms with Crippen LogP contribution in [0.3, 0.4) is 0 Å². The van der Waals surface area contributed by atoms with Gasteiger partial charge in [0.25, 0.3) is 0 Å². The average molecular weight is 135 g/mol. The summed E-state index contributed by atoms with van der Waals surface area (Å²) >= 11 is 0. The lowest BCUT2D eigenvalue weighted by atomic mass is 11.0. The van der Waals surface area contributed by atoms with Crippen molar-refractivity contribution in [2.45, 2.75) is 0 Å². The molecule has 8 heavy (non-hydrogen) atoms. The van der Waals surface area contributed by atoms with E-state index in [2.05, 4.69) is 6.58 Å². The van der Waals surface area contributed by atoms with Gasteiger partial charge in [0.05, 0.1) is 6.26 Å². The second-order valence-corrected chi connectivity index (χ2v) is 3.50. The molecule has 0 aliphatic carbocycles. The smallest absolute Gasteiger partial charge is 0.231 e. The Morgan fingerprint density at radius 2 is 2.00 bits per heavy atom. The lowest BCUT2D eigenvalue weighted by Gasteiger charge is -2.07. The van der Waals surface area contributed by atoms with Gasteiger partial charge in [0, 0.05) is 13.2 Å². The van der Waals surface area contributed by atoms with E-state index in [0.717, 1.165) is 10.6 Å².